The Labute approximate surface area is 354 Å². The third kappa shape index (κ3) is 6.74. The highest BCUT2D eigenvalue weighted by Crippen LogP contribution is 2.57. The topological polar surface area (TPSA) is 97.4 Å². The van der Waals surface area contributed by atoms with Crippen molar-refractivity contribution in [1.82, 2.24) is 10.2 Å². The predicted molar refractivity (Wildman–Crippen MR) is 234 cm³/mol. The van der Waals surface area contributed by atoms with Crippen LogP contribution in [0, 0.1) is 0 Å². The Bertz CT molecular complexity index is 2450. The van der Waals surface area contributed by atoms with Gasteiger partial charge in [0.1, 0.15) is 23.3 Å². The second kappa shape index (κ2) is 16.3. The van der Waals surface area contributed by atoms with Crippen LogP contribution in [0.15, 0.2) is 152 Å². The lowest BCUT2D eigenvalue weighted by Gasteiger charge is -2.38. The van der Waals surface area contributed by atoms with E-state index >= 15 is 0 Å². The number of carbonyl (C=O) groups excluding carboxylic acids is 3. The van der Waals surface area contributed by atoms with E-state index in [9.17, 15) is 14.4 Å². The van der Waals surface area contributed by atoms with Crippen LogP contribution in [0.4, 0.5) is 10.5 Å². The van der Waals surface area contributed by atoms with Crippen molar-refractivity contribution < 1.29 is 28.6 Å². The summed E-state index contributed by atoms with van der Waals surface area (Å²) in [6.07, 6.45) is 2.72. The highest BCUT2D eigenvalue weighted by Gasteiger charge is 2.53. The molecule has 3 aliphatic rings. The fourth-order valence-electron chi connectivity index (χ4n) is 8.86. The number of hydrogen-bond donors (Lipinski definition) is 1. The van der Waals surface area contributed by atoms with Crippen molar-refractivity contribution >= 4 is 35.4 Å². The van der Waals surface area contributed by atoms with Gasteiger partial charge in [0.15, 0.2) is 5.60 Å². The minimum absolute atomic E-state index is 0.213. The number of anilines is 1. The maximum Gasteiger partial charge on any atom is 0.415 e. The van der Waals surface area contributed by atoms with E-state index in [1.807, 2.05) is 84.9 Å². The van der Waals surface area contributed by atoms with Crippen LogP contribution < -0.4 is 19.7 Å². The lowest BCUT2D eigenvalue weighted by atomic mass is 9.77. The van der Waals surface area contributed by atoms with Crippen molar-refractivity contribution in [3.05, 3.63) is 191 Å². The maximum absolute atomic E-state index is 14.2. The van der Waals surface area contributed by atoms with Gasteiger partial charge in [0, 0.05) is 67.4 Å². The van der Waals surface area contributed by atoms with Crippen molar-refractivity contribution in [2.75, 3.05) is 37.8 Å². The quantitative estimate of drug-likeness (QED) is 0.108. The van der Waals surface area contributed by atoms with Gasteiger partial charge in [-0.1, -0.05) is 109 Å². The van der Waals surface area contributed by atoms with E-state index in [4.69, 9.17) is 14.2 Å². The van der Waals surface area contributed by atoms with Crippen LogP contribution in [0.5, 0.6) is 17.2 Å². The molecule has 0 radical (unpaired) electrons. The number of esters is 1. The molecule has 0 saturated carbocycles. The molecule has 0 aliphatic carbocycles. The molecule has 3 heterocycles. The first-order chi connectivity index (χ1) is 29.3. The SMILES string of the molecule is CNC(=O)[C@H](CSC(c1ccccc1)(c1ccccc1)c1ccccc1)N(C)C(=O)Oc1ccc2c(c1)Oc1cc(N3CCCCC3)ccc1C21OC(=O)c2ccccc21. The largest absolute Gasteiger partial charge is 0.456 e. The molecule has 3 aliphatic heterocycles. The number of thioether (sulfide) groups is 1. The number of fused-ring (bicyclic) bond motifs is 6. The summed E-state index contributed by atoms with van der Waals surface area (Å²) in [6.45, 7) is 1.90. The van der Waals surface area contributed by atoms with E-state index in [0.717, 1.165) is 59.4 Å². The van der Waals surface area contributed by atoms with E-state index < -0.39 is 28.5 Å². The normalized spacial score (nSPS) is 17.0. The Balaban J connectivity index is 1.04. The summed E-state index contributed by atoms with van der Waals surface area (Å²) in [5.74, 6) is 0.656. The van der Waals surface area contributed by atoms with Gasteiger partial charge in [0.2, 0.25) is 5.91 Å². The zero-order chi connectivity index (χ0) is 41.3. The number of amides is 2. The molecule has 0 aromatic heterocycles. The summed E-state index contributed by atoms with van der Waals surface area (Å²) in [5.41, 5.74) is 5.44. The number of benzene rings is 6. The van der Waals surface area contributed by atoms with Crippen molar-refractivity contribution in [2.45, 2.75) is 35.7 Å². The van der Waals surface area contributed by atoms with Gasteiger partial charge >= 0.3 is 12.1 Å². The fraction of sp³-hybridized carbons (Fsp3) is 0.220. The number of nitrogens with zero attached hydrogens (tertiary/aromatic N) is 2. The van der Waals surface area contributed by atoms with Crippen LogP contribution in [0.2, 0.25) is 0 Å². The highest BCUT2D eigenvalue weighted by atomic mass is 32.2. The Kier molecular flexibility index (Phi) is 10.6. The number of likely N-dealkylation sites (N-methyl/N-ethyl adjacent to an activating group) is 2. The number of nitrogens with one attached hydrogen (secondary N) is 1. The van der Waals surface area contributed by atoms with Crippen LogP contribution in [0.25, 0.3) is 0 Å². The molecule has 2 atom stereocenters. The fourth-order valence-corrected chi connectivity index (χ4v) is 10.6. The number of carbonyl (C=O) groups is 3. The van der Waals surface area contributed by atoms with Gasteiger partial charge in [-0.15, -0.1) is 11.8 Å². The van der Waals surface area contributed by atoms with E-state index in [-0.39, 0.29) is 17.4 Å². The molecule has 302 valence electrons. The standard InChI is InChI=1S/C50H45N3O6S/c1-51-46(54)43(33-60-50(34-17-7-3-8-18-34,35-19-9-4-10-20-35)36-21-11-5-12-22-36)52(2)48(56)57-38-26-28-42-45(32-38)58-44-31-37(53-29-15-6-16-30-53)25-27-41(44)49(42)40-24-14-13-23-39(40)47(55)59-49/h3-5,7-14,17-28,31-32,43H,6,15-16,29-30,33H2,1-2H3,(H,51,54)/t43-,49?/m0/s1. The average molecular weight is 816 g/mol. The number of rotatable bonds is 10. The first-order valence-corrected chi connectivity index (χ1v) is 21.3. The molecular formula is C50H45N3O6S. The first-order valence-electron chi connectivity index (χ1n) is 20.3. The molecule has 6 aromatic carbocycles. The highest BCUT2D eigenvalue weighted by molar-refractivity contribution is 8.00. The smallest absolute Gasteiger partial charge is 0.415 e. The first kappa shape index (κ1) is 39.0. The molecule has 1 spiro atoms. The van der Waals surface area contributed by atoms with E-state index in [1.54, 1.807) is 50.1 Å². The second-order valence-electron chi connectivity index (χ2n) is 15.3. The number of hydrogen-bond acceptors (Lipinski definition) is 8. The van der Waals surface area contributed by atoms with Crippen molar-refractivity contribution in [3.8, 4) is 17.2 Å². The molecule has 9 rings (SSSR count). The Morgan fingerprint density at radius 2 is 1.32 bits per heavy atom. The van der Waals surface area contributed by atoms with Gasteiger partial charge in [0.05, 0.1) is 10.3 Å². The Morgan fingerprint density at radius 1 is 0.750 bits per heavy atom. The van der Waals surface area contributed by atoms with Gasteiger partial charge in [-0.2, -0.15) is 0 Å². The van der Waals surface area contributed by atoms with E-state index in [2.05, 4.69) is 52.7 Å². The van der Waals surface area contributed by atoms with E-state index in [0.29, 0.717) is 22.6 Å². The van der Waals surface area contributed by atoms with Gasteiger partial charge < -0.3 is 24.4 Å². The lowest BCUT2D eigenvalue weighted by molar-refractivity contribution is -0.124. The lowest BCUT2D eigenvalue weighted by Crippen LogP contribution is -2.50. The summed E-state index contributed by atoms with van der Waals surface area (Å²) < 4.78 is 18.4. The molecule has 1 unspecified atom stereocenters. The molecule has 0 bridgehead atoms. The minimum Gasteiger partial charge on any atom is -0.456 e. The predicted octanol–water partition coefficient (Wildman–Crippen LogP) is 9.52. The molecular weight excluding hydrogens is 771 g/mol. The van der Waals surface area contributed by atoms with Crippen LogP contribution in [-0.2, 0) is 19.9 Å². The van der Waals surface area contributed by atoms with Crippen LogP contribution in [0.3, 0.4) is 0 Å². The van der Waals surface area contributed by atoms with Crippen molar-refractivity contribution in [1.29, 1.82) is 0 Å². The Morgan fingerprint density at radius 3 is 1.93 bits per heavy atom. The van der Waals surface area contributed by atoms with Crippen LogP contribution >= 0.6 is 11.8 Å². The van der Waals surface area contributed by atoms with Crippen LogP contribution in [-0.4, -0.2) is 61.8 Å². The maximum atomic E-state index is 14.2. The minimum atomic E-state index is -1.26. The second-order valence-corrected chi connectivity index (χ2v) is 16.5. The summed E-state index contributed by atoms with van der Waals surface area (Å²) in [4.78, 5) is 45.0. The van der Waals surface area contributed by atoms with Gasteiger partial charge in [-0.3, -0.25) is 9.69 Å². The van der Waals surface area contributed by atoms with Gasteiger partial charge in [0.25, 0.3) is 0 Å². The van der Waals surface area contributed by atoms with Crippen molar-refractivity contribution in [3.63, 3.8) is 0 Å². The van der Waals surface area contributed by atoms with Crippen molar-refractivity contribution in [2.24, 2.45) is 0 Å². The molecule has 6 aromatic rings. The van der Waals surface area contributed by atoms with Gasteiger partial charge in [-0.05, 0) is 66.3 Å². The summed E-state index contributed by atoms with van der Waals surface area (Å²) in [5, 5.41) is 2.77. The van der Waals surface area contributed by atoms with Crippen LogP contribution in [0.1, 0.15) is 63.0 Å². The van der Waals surface area contributed by atoms with E-state index in [1.165, 1.54) is 11.3 Å². The molecule has 1 saturated heterocycles. The third-order valence-corrected chi connectivity index (χ3v) is 13.5. The number of ether oxygens (including phenoxy) is 3. The molecule has 10 heteroatoms. The molecule has 1 fully saturated rings. The summed E-state index contributed by atoms with van der Waals surface area (Å²) in [7, 11) is 3.15. The number of piperidine rings is 1. The monoisotopic (exact) mass is 815 g/mol. The average Bonchev–Trinajstić information content (AvgIpc) is 3.60. The summed E-state index contributed by atoms with van der Waals surface area (Å²) >= 11 is 1.59. The third-order valence-electron chi connectivity index (χ3n) is 11.9. The molecule has 1 N–H and O–H groups in total. The molecule has 9 nitrogen and oxygen atoms in total. The molecule has 2 amide bonds. The zero-order valence-electron chi connectivity index (χ0n) is 33.5. The van der Waals surface area contributed by atoms with Gasteiger partial charge in [-0.25, -0.2) is 9.59 Å². The summed E-state index contributed by atoms with van der Waals surface area (Å²) in [6, 6.07) is 48.4. The Hall–Kier alpha value is -6.52. The zero-order valence-corrected chi connectivity index (χ0v) is 34.3. The molecule has 60 heavy (non-hydrogen) atoms.